The van der Waals surface area contributed by atoms with Gasteiger partial charge >= 0.3 is 0 Å². The summed E-state index contributed by atoms with van der Waals surface area (Å²) in [6.45, 7) is 1.87. The number of rotatable bonds is 3. The zero-order valence-corrected chi connectivity index (χ0v) is 12.8. The fraction of sp³-hybridized carbons (Fsp3) is 0.0769. The Morgan fingerprint density at radius 3 is 2.70 bits per heavy atom. The Kier molecular flexibility index (Phi) is 4.75. The zero-order valence-electron chi connectivity index (χ0n) is 10.5. The predicted molar refractivity (Wildman–Crippen MR) is 82.1 cm³/mol. The molecule has 0 unspecified atom stereocenters. The van der Waals surface area contributed by atoms with Gasteiger partial charge in [-0.05, 0) is 36.8 Å². The van der Waals surface area contributed by atoms with E-state index < -0.39 is 0 Å². The normalized spacial score (nSPS) is 11.7. The maximum atomic E-state index is 8.87. The lowest BCUT2D eigenvalue weighted by Gasteiger charge is -2.10. The van der Waals surface area contributed by atoms with Gasteiger partial charge in [0.25, 0.3) is 0 Å². The van der Waals surface area contributed by atoms with E-state index in [2.05, 4.69) is 10.1 Å². The van der Waals surface area contributed by atoms with Crippen molar-refractivity contribution >= 4 is 40.8 Å². The van der Waals surface area contributed by atoms with Crippen LogP contribution >= 0.6 is 35.0 Å². The second-order valence-corrected chi connectivity index (χ2v) is 5.85. The Bertz CT molecular complexity index is 677. The molecule has 104 valence electrons. The van der Waals surface area contributed by atoms with E-state index in [0.29, 0.717) is 20.6 Å². The lowest BCUT2D eigenvalue weighted by molar-refractivity contribution is 0.318. The molecular weight excluding hydrogens is 317 g/mol. The average molecular weight is 328 g/mol. The summed E-state index contributed by atoms with van der Waals surface area (Å²) in [7, 11) is 0. The second kappa shape index (κ2) is 6.35. The third-order valence-electron chi connectivity index (χ3n) is 2.59. The average Bonchev–Trinajstić information content (AvgIpc) is 2.42. The number of oxime groups is 1. The van der Waals surface area contributed by atoms with Crippen LogP contribution < -0.4 is 5.73 Å². The number of hydrogen-bond donors (Lipinski definition) is 2. The molecule has 1 aromatic heterocycles. The van der Waals surface area contributed by atoms with Crippen molar-refractivity contribution in [3.8, 4) is 0 Å². The summed E-state index contributed by atoms with van der Waals surface area (Å²) in [6, 6.07) is 7.09. The number of pyridine rings is 1. The molecule has 0 aliphatic rings. The van der Waals surface area contributed by atoms with Crippen molar-refractivity contribution in [2.75, 3.05) is 0 Å². The quantitative estimate of drug-likeness (QED) is 0.387. The van der Waals surface area contributed by atoms with E-state index >= 15 is 0 Å². The summed E-state index contributed by atoms with van der Waals surface area (Å²) >= 11 is 13.2. The van der Waals surface area contributed by atoms with Crippen LogP contribution in [0.2, 0.25) is 10.0 Å². The Morgan fingerprint density at radius 1 is 1.30 bits per heavy atom. The molecule has 0 fully saturated rings. The van der Waals surface area contributed by atoms with Gasteiger partial charge in [-0.1, -0.05) is 40.1 Å². The molecule has 0 saturated carbocycles. The van der Waals surface area contributed by atoms with Gasteiger partial charge in [-0.25, -0.2) is 4.98 Å². The van der Waals surface area contributed by atoms with Crippen LogP contribution in [-0.4, -0.2) is 16.0 Å². The molecule has 4 nitrogen and oxygen atoms in total. The molecule has 0 saturated heterocycles. The molecule has 0 aliphatic carbocycles. The van der Waals surface area contributed by atoms with E-state index in [-0.39, 0.29) is 5.84 Å². The van der Waals surface area contributed by atoms with Crippen LogP contribution in [-0.2, 0) is 0 Å². The van der Waals surface area contributed by atoms with E-state index in [1.807, 2.05) is 13.0 Å². The molecule has 3 N–H and O–H groups in total. The lowest BCUT2D eigenvalue weighted by atomic mass is 10.1. The molecule has 0 spiro atoms. The molecule has 0 atom stereocenters. The summed E-state index contributed by atoms with van der Waals surface area (Å²) in [5.41, 5.74) is 7.18. The van der Waals surface area contributed by atoms with Crippen LogP contribution in [0.4, 0.5) is 0 Å². The molecule has 2 aromatic rings. The molecule has 0 aliphatic heterocycles. The lowest BCUT2D eigenvalue weighted by Crippen LogP contribution is -2.16. The number of benzene rings is 1. The molecule has 7 heteroatoms. The van der Waals surface area contributed by atoms with Gasteiger partial charge < -0.3 is 10.9 Å². The van der Waals surface area contributed by atoms with E-state index in [1.54, 1.807) is 24.4 Å². The van der Waals surface area contributed by atoms with Crippen molar-refractivity contribution in [2.45, 2.75) is 16.8 Å². The van der Waals surface area contributed by atoms with Gasteiger partial charge in [0, 0.05) is 11.1 Å². The first-order valence-corrected chi connectivity index (χ1v) is 7.16. The first-order chi connectivity index (χ1) is 9.52. The van der Waals surface area contributed by atoms with Crippen molar-refractivity contribution in [3.63, 3.8) is 0 Å². The molecule has 0 bridgehead atoms. The summed E-state index contributed by atoms with van der Waals surface area (Å²) < 4.78 is 0. The minimum Gasteiger partial charge on any atom is -0.409 e. The number of hydrogen-bond acceptors (Lipinski definition) is 4. The van der Waals surface area contributed by atoms with E-state index in [9.17, 15) is 0 Å². The van der Waals surface area contributed by atoms with Crippen LogP contribution in [0.3, 0.4) is 0 Å². The minimum absolute atomic E-state index is 0.0261. The van der Waals surface area contributed by atoms with Crippen LogP contribution in [0.15, 0.2) is 45.5 Å². The third-order valence-corrected chi connectivity index (χ3v) is 4.33. The first-order valence-electron chi connectivity index (χ1n) is 5.59. The Hall–Kier alpha value is -1.43. The minimum atomic E-state index is 0.0261. The van der Waals surface area contributed by atoms with Gasteiger partial charge in [0.2, 0.25) is 0 Å². The zero-order chi connectivity index (χ0) is 14.7. The number of aromatic nitrogens is 1. The van der Waals surface area contributed by atoms with Crippen LogP contribution in [0.5, 0.6) is 0 Å². The Morgan fingerprint density at radius 2 is 2.05 bits per heavy atom. The predicted octanol–water partition coefficient (Wildman–Crippen LogP) is 3.94. The van der Waals surface area contributed by atoms with Crippen LogP contribution in [0.1, 0.15) is 11.1 Å². The summed E-state index contributed by atoms with van der Waals surface area (Å²) in [5, 5.41) is 13.5. The number of aryl methyl sites for hydroxylation is 1. The number of nitrogens with two attached hydrogens (primary N) is 1. The Balaban J connectivity index is 2.43. The van der Waals surface area contributed by atoms with Crippen molar-refractivity contribution in [1.29, 1.82) is 0 Å². The number of amidine groups is 1. The maximum absolute atomic E-state index is 8.87. The maximum Gasteiger partial charge on any atom is 0.173 e. The highest BCUT2D eigenvalue weighted by Crippen LogP contribution is 2.33. The van der Waals surface area contributed by atoms with Crippen molar-refractivity contribution in [1.82, 2.24) is 4.98 Å². The highest BCUT2D eigenvalue weighted by molar-refractivity contribution is 7.99. The number of halogens is 2. The van der Waals surface area contributed by atoms with Gasteiger partial charge in [-0.2, -0.15) is 0 Å². The second-order valence-electron chi connectivity index (χ2n) is 3.97. The van der Waals surface area contributed by atoms with E-state index in [4.69, 9.17) is 34.1 Å². The standard InChI is InChI=1S/C13H11Cl2N3OS/c1-7-4-5-17-13(11(7)12(16)18-19)20-8-2-3-9(14)10(15)6-8/h2-6,19H,1H3,(H2,16,18). The molecule has 20 heavy (non-hydrogen) atoms. The van der Waals surface area contributed by atoms with Gasteiger partial charge in [0.1, 0.15) is 5.03 Å². The van der Waals surface area contributed by atoms with E-state index in [1.165, 1.54) is 11.8 Å². The molecular formula is C13H11Cl2N3OS. The topological polar surface area (TPSA) is 71.5 Å². The van der Waals surface area contributed by atoms with Crippen LogP contribution in [0, 0.1) is 6.92 Å². The molecule has 2 rings (SSSR count). The van der Waals surface area contributed by atoms with Crippen molar-refractivity contribution in [2.24, 2.45) is 10.9 Å². The summed E-state index contributed by atoms with van der Waals surface area (Å²) in [5.74, 6) is 0.0261. The summed E-state index contributed by atoms with van der Waals surface area (Å²) in [4.78, 5) is 5.14. The number of nitrogens with zero attached hydrogens (tertiary/aromatic N) is 2. The van der Waals surface area contributed by atoms with Crippen molar-refractivity contribution in [3.05, 3.63) is 51.6 Å². The van der Waals surface area contributed by atoms with Crippen LogP contribution in [0.25, 0.3) is 0 Å². The first kappa shape index (κ1) is 15.0. The van der Waals surface area contributed by atoms with Gasteiger partial charge in [0.05, 0.1) is 15.6 Å². The molecule has 0 amide bonds. The fourth-order valence-electron chi connectivity index (χ4n) is 1.62. The Labute approximate surface area is 130 Å². The third kappa shape index (κ3) is 3.17. The molecule has 1 heterocycles. The monoisotopic (exact) mass is 327 g/mol. The molecule has 0 radical (unpaired) electrons. The fourth-order valence-corrected chi connectivity index (χ4v) is 3.00. The SMILES string of the molecule is Cc1ccnc(Sc2ccc(Cl)c(Cl)c2)c1/C(N)=N/O. The molecule has 1 aromatic carbocycles. The van der Waals surface area contributed by atoms with Gasteiger partial charge in [-0.3, -0.25) is 0 Å². The van der Waals surface area contributed by atoms with E-state index in [0.717, 1.165) is 10.5 Å². The van der Waals surface area contributed by atoms with Gasteiger partial charge in [0.15, 0.2) is 5.84 Å². The van der Waals surface area contributed by atoms with Gasteiger partial charge in [-0.15, -0.1) is 0 Å². The highest BCUT2D eigenvalue weighted by atomic mass is 35.5. The van der Waals surface area contributed by atoms with Crippen molar-refractivity contribution < 1.29 is 5.21 Å². The largest absolute Gasteiger partial charge is 0.409 e. The summed E-state index contributed by atoms with van der Waals surface area (Å²) in [6.07, 6.45) is 1.67. The highest BCUT2D eigenvalue weighted by Gasteiger charge is 2.13. The smallest absolute Gasteiger partial charge is 0.173 e.